The zero-order valence-corrected chi connectivity index (χ0v) is 48.0. The lowest BCUT2D eigenvalue weighted by Crippen LogP contribution is -2.64. The van der Waals surface area contributed by atoms with Crippen molar-refractivity contribution in [1.82, 2.24) is 0 Å². The Bertz CT molecular complexity index is 3720. The first-order valence-corrected chi connectivity index (χ1v) is 29.0. The summed E-state index contributed by atoms with van der Waals surface area (Å²) in [5.74, 6) is 0. The van der Waals surface area contributed by atoms with E-state index in [4.69, 9.17) is 4.42 Å². The molecule has 6 aliphatic rings. The van der Waals surface area contributed by atoms with Gasteiger partial charge in [0.25, 0.3) is 6.71 Å². The Kier molecular flexibility index (Phi) is 9.84. The van der Waals surface area contributed by atoms with Gasteiger partial charge in [0, 0.05) is 67.8 Å². The third kappa shape index (κ3) is 6.56. The summed E-state index contributed by atoms with van der Waals surface area (Å²) >= 11 is 0. The van der Waals surface area contributed by atoms with Crippen LogP contribution in [-0.2, 0) is 32.5 Å². The second-order valence-electron chi connectivity index (χ2n) is 28.7. The number of furan rings is 1. The molecule has 1 saturated carbocycles. The van der Waals surface area contributed by atoms with Crippen molar-refractivity contribution in [3.8, 4) is 0 Å². The van der Waals surface area contributed by atoms with Crippen molar-refractivity contribution in [2.75, 3.05) is 14.7 Å². The van der Waals surface area contributed by atoms with Crippen LogP contribution in [0.3, 0.4) is 0 Å². The minimum atomic E-state index is -0.0641. The Morgan fingerprint density at radius 3 is 1.74 bits per heavy atom. The van der Waals surface area contributed by atoms with E-state index in [-0.39, 0.29) is 44.7 Å². The molecule has 0 spiro atoms. The molecule has 0 N–H and O–H groups in total. The molecule has 2 atom stereocenters. The van der Waals surface area contributed by atoms with Gasteiger partial charge in [0.15, 0.2) is 0 Å². The van der Waals surface area contributed by atoms with Crippen molar-refractivity contribution < 1.29 is 4.42 Å². The van der Waals surface area contributed by atoms with Gasteiger partial charge in [0.1, 0.15) is 11.2 Å². The summed E-state index contributed by atoms with van der Waals surface area (Å²) in [6.07, 6.45) is 9.60. The van der Waals surface area contributed by atoms with Crippen LogP contribution in [0, 0.1) is 6.92 Å². The van der Waals surface area contributed by atoms with E-state index in [9.17, 15) is 0 Å². The van der Waals surface area contributed by atoms with Crippen molar-refractivity contribution in [3.63, 3.8) is 0 Å². The molecule has 386 valence electrons. The van der Waals surface area contributed by atoms with Crippen LogP contribution >= 0.6 is 0 Å². The Labute approximate surface area is 454 Å². The summed E-state index contributed by atoms with van der Waals surface area (Å²) in [5, 5.41) is 2.30. The number of hydrogen-bond acceptors (Lipinski definition) is 4. The van der Waals surface area contributed by atoms with E-state index in [0.29, 0.717) is 0 Å². The molecule has 8 aromatic rings. The Hall–Kier alpha value is -6.20. The van der Waals surface area contributed by atoms with Gasteiger partial charge in [0.2, 0.25) is 0 Å². The predicted octanol–water partition coefficient (Wildman–Crippen LogP) is 17.7. The van der Waals surface area contributed by atoms with E-state index < -0.39 is 0 Å². The molecule has 7 aromatic carbocycles. The van der Waals surface area contributed by atoms with E-state index in [0.717, 1.165) is 27.6 Å². The zero-order valence-electron chi connectivity index (χ0n) is 48.0. The normalized spacial score (nSPS) is 22.9. The van der Waals surface area contributed by atoms with E-state index in [1.165, 1.54) is 141 Å². The number of nitrogens with zero attached hydrogens (tertiary/aromatic N) is 3. The lowest BCUT2D eigenvalue weighted by molar-refractivity contribution is 0.195. The molecule has 0 radical (unpaired) electrons. The predicted molar refractivity (Wildman–Crippen MR) is 325 cm³/mol. The van der Waals surface area contributed by atoms with Gasteiger partial charge in [-0.2, -0.15) is 0 Å². The number of fused-ring (bicyclic) bond motifs is 12. The third-order valence-corrected chi connectivity index (χ3v) is 21.1. The van der Waals surface area contributed by atoms with E-state index in [1.807, 2.05) is 0 Å². The molecule has 0 saturated heterocycles. The standard InChI is InChI=1S/C71H78BN3O/c1-43-35-59-63-60(36-43)75-64-55(70(13)29-17-18-30-71(70,75)14)37-44(65(2,3)4)38-57(64)72(63)56-28-24-47(41-58(56)74(59)48-21-25-50-49-19-15-16-20-61(49)76-62(50)42-48)73(45-22-26-51-53(39-45)68(9,10)33-31-66(51,5)6)46-23-27-52-54(40-46)69(11,12)34-32-67(52,7)8/h15-16,19-28,35-42H,17-18,29-34H2,1-14H3. The summed E-state index contributed by atoms with van der Waals surface area (Å²) in [4.78, 5) is 8.12. The van der Waals surface area contributed by atoms with Gasteiger partial charge >= 0.3 is 0 Å². The Morgan fingerprint density at radius 1 is 0.500 bits per heavy atom. The van der Waals surface area contributed by atoms with Crippen molar-refractivity contribution >= 4 is 90.5 Å². The fraction of sp³-hybridized carbons (Fsp3) is 0.408. The molecule has 0 bridgehead atoms. The molecule has 3 aliphatic heterocycles. The monoisotopic (exact) mass is 1000 g/mol. The molecular weight excluding hydrogens is 922 g/mol. The molecule has 4 nitrogen and oxygen atoms in total. The van der Waals surface area contributed by atoms with Crippen molar-refractivity contribution in [3.05, 3.63) is 160 Å². The van der Waals surface area contributed by atoms with Crippen LogP contribution in [0.4, 0.5) is 45.5 Å². The maximum absolute atomic E-state index is 6.77. The molecule has 2 unspecified atom stereocenters. The number of anilines is 8. The SMILES string of the molecule is Cc1cc2c3c(c1)N1c4c(cc(C(C)(C)C)cc4C4(C)CCCCC14C)B3c1ccc(N(c3ccc4c(c3)C(C)(C)CCC4(C)C)c3ccc4c(c3)C(C)(C)CCC4(C)C)cc1N2c1ccc2c(c1)oc1ccccc12. The molecule has 76 heavy (non-hydrogen) atoms. The lowest BCUT2D eigenvalue weighted by Gasteiger charge is -2.52. The lowest BCUT2D eigenvalue weighted by atomic mass is 9.33. The highest BCUT2D eigenvalue weighted by molar-refractivity contribution is 7.00. The first-order valence-electron chi connectivity index (χ1n) is 29.0. The van der Waals surface area contributed by atoms with E-state index in [2.05, 4.69) is 233 Å². The molecular formula is C71H78BN3O. The third-order valence-electron chi connectivity index (χ3n) is 21.1. The highest BCUT2D eigenvalue weighted by Gasteiger charge is 2.61. The number of hydrogen-bond donors (Lipinski definition) is 0. The molecule has 1 fully saturated rings. The first-order chi connectivity index (χ1) is 35.9. The van der Waals surface area contributed by atoms with E-state index >= 15 is 0 Å². The van der Waals surface area contributed by atoms with Gasteiger partial charge in [-0.05, 0) is 202 Å². The average Bonchev–Trinajstić information content (AvgIpc) is 4.05. The highest BCUT2D eigenvalue weighted by Crippen LogP contribution is 2.63. The average molecular weight is 1000 g/mol. The zero-order chi connectivity index (χ0) is 53.0. The van der Waals surface area contributed by atoms with Crippen molar-refractivity contribution in [1.29, 1.82) is 0 Å². The number of rotatable bonds is 4. The smallest absolute Gasteiger partial charge is 0.252 e. The summed E-state index contributed by atoms with van der Waals surface area (Å²) in [5.41, 5.74) is 26.6. The van der Waals surface area contributed by atoms with Crippen LogP contribution in [0.15, 0.2) is 126 Å². The largest absolute Gasteiger partial charge is 0.456 e. The summed E-state index contributed by atoms with van der Waals surface area (Å²) in [6.45, 7) is 34.5. The van der Waals surface area contributed by atoms with Gasteiger partial charge in [-0.1, -0.05) is 144 Å². The van der Waals surface area contributed by atoms with Crippen molar-refractivity contribution in [2.24, 2.45) is 0 Å². The van der Waals surface area contributed by atoms with Crippen LogP contribution in [0.25, 0.3) is 21.9 Å². The van der Waals surface area contributed by atoms with Gasteiger partial charge in [-0.25, -0.2) is 0 Å². The summed E-state index contributed by atoms with van der Waals surface area (Å²) in [6, 6.07) is 48.4. The number of benzene rings is 7. The Morgan fingerprint density at radius 2 is 1.08 bits per heavy atom. The molecule has 4 heterocycles. The van der Waals surface area contributed by atoms with Gasteiger partial charge in [0.05, 0.1) is 5.54 Å². The second-order valence-corrected chi connectivity index (χ2v) is 28.7. The fourth-order valence-corrected chi connectivity index (χ4v) is 16.0. The maximum atomic E-state index is 6.77. The molecule has 0 amide bonds. The number of aryl methyl sites for hydroxylation is 1. The highest BCUT2D eigenvalue weighted by atomic mass is 16.3. The first kappa shape index (κ1) is 48.2. The topological polar surface area (TPSA) is 22.9 Å². The van der Waals surface area contributed by atoms with Crippen LogP contribution in [0.1, 0.15) is 180 Å². The molecule has 5 heteroatoms. The van der Waals surface area contributed by atoms with Gasteiger partial charge < -0.3 is 19.1 Å². The number of para-hydroxylation sites is 1. The summed E-state index contributed by atoms with van der Waals surface area (Å²) < 4.78 is 6.77. The minimum absolute atomic E-state index is 0.0111. The van der Waals surface area contributed by atoms with Crippen LogP contribution in [-0.4, -0.2) is 12.3 Å². The van der Waals surface area contributed by atoms with Crippen LogP contribution in [0.5, 0.6) is 0 Å². The Balaban J connectivity index is 1.07. The molecule has 1 aromatic heterocycles. The van der Waals surface area contributed by atoms with Gasteiger partial charge in [-0.15, -0.1) is 0 Å². The quantitative estimate of drug-likeness (QED) is 0.164. The fourth-order valence-electron chi connectivity index (χ4n) is 16.0. The summed E-state index contributed by atoms with van der Waals surface area (Å²) in [7, 11) is 0. The van der Waals surface area contributed by atoms with E-state index in [1.54, 1.807) is 5.56 Å². The van der Waals surface area contributed by atoms with Crippen molar-refractivity contribution in [2.45, 2.75) is 186 Å². The second kappa shape index (κ2) is 15.5. The molecule has 14 rings (SSSR count). The molecule has 3 aliphatic carbocycles. The van der Waals surface area contributed by atoms with Crippen LogP contribution in [0.2, 0.25) is 0 Å². The minimum Gasteiger partial charge on any atom is -0.456 e. The van der Waals surface area contributed by atoms with Gasteiger partial charge in [-0.3, -0.25) is 0 Å². The van der Waals surface area contributed by atoms with Crippen LogP contribution < -0.4 is 31.1 Å². The maximum Gasteiger partial charge on any atom is 0.252 e.